The first-order valence-electron chi connectivity index (χ1n) is 5.06. The fourth-order valence-corrected chi connectivity index (χ4v) is 1.26. The summed E-state index contributed by atoms with van der Waals surface area (Å²) >= 11 is 5.98. The zero-order chi connectivity index (χ0) is 11.3. The monoisotopic (exact) mass is 228 g/mol. The van der Waals surface area contributed by atoms with Gasteiger partial charge in [-0.2, -0.15) is 0 Å². The molecule has 1 aromatic rings. The van der Waals surface area contributed by atoms with Crippen molar-refractivity contribution < 1.29 is 4.74 Å². The molecule has 1 aromatic heterocycles. The van der Waals surface area contributed by atoms with E-state index < -0.39 is 0 Å². The van der Waals surface area contributed by atoms with Crippen LogP contribution in [0.3, 0.4) is 0 Å². The van der Waals surface area contributed by atoms with Crippen LogP contribution in [0.25, 0.3) is 0 Å². The van der Waals surface area contributed by atoms with Gasteiger partial charge in [0.25, 0.3) is 0 Å². The molecule has 0 atom stereocenters. The number of halogens is 1. The van der Waals surface area contributed by atoms with Gasteiger partial charge in [-0.15, -0.1) is 0 Å². The summed E-state index contributed by atoms with van der Waals surface area (Å²) in [4.78, 5) is 4.32. The van der Waals surface area contributed by atoms with Crippen molar-refractivity contribution in [2.24, 2.45) is 5.92 Å². The van der Waals surface area contributed by atoms with E-state index in [1.54, 1.807) is 6.07 Å². The van der Waals surface area contributed by atoms with E-state index in [1.807, 2.05) is 13.1 Å². The van der Waals surface area contributed by atoms with Gasteiger partial charge in [-0.25, -0.2) is 4.98 Å². The fraction of sp³-hybridized carbons (Fsp3) is 0.545. The summed E-state index contributed by atoms with van der Waals surface area (Å²) in [5.74, 6) is 1.13. The minimum Gasteiger partial charge on any atom is -0.477 e. The molecule has 0 aromatic carbocycles. The average molecular weight is 229 g/mol. The quantitative estimate of drug-likeness (QED) is 0.841. The van der Waals surface area contributed by atoms with Crippen LogP contribution in [-0.2, 0) is 6.54 Å². The van der Waals surface area contributed by atoms with E-state index in [2.05, 4.69) is 24.1 Å². The van der Waals surface area contributed by atoms with Crippen molar-refractivity contribution in [1.29, 1.82) is 0 Å². The van der Waals surface area contributed by atoms with Crippen molar-refractivity contribution >= 4 is 11.6 Å². The van der Waals surface area contributed by atoms with Gasteiger partial charge in [0.2, 0.25) is 5.88 Å². The van der Waals surface area contributed by atoms with Gasteiger partial charge >= 0.3 is 0 Å². The van der Waals surface area contributed by atoms with Crippen molar-refractivity contribution in [3.63, 3.8) is 0 Å². The van der Waals surface area contributed by atoms with E-state index in [4.69, 9.17) is 16.3 Å². The van der Waals surface area contributed by atoms with Gasteiger partial charge in [0, 0.05) is 12.6 Å². The molecule has 0 spiro atoms. The van der Waals surface area contributed by atoms with Crippen molar-refractivity contribution in [3.8, 4) is 5.88 Å². The normalized spacial score (nSPS) is 10.7. The van der Waals surface area contributed by atoms with E-state index >= 15 is 0 Å². The van der Waals surface area contributed by atoms with E-state index in [0.717, 1.165) is 5.69 Å². The Labute approximate surface area is 95.8 Å². The predicted octanol–water partition coefficient (Wildman–Crippen LogP) is 2.49. The number of aromatic nitrogens is 1. The Bertz CT molecular complexity index is 315. The number of hydrogen-bond acceptors (Lipinski definition) is 3. The maximum absolute atomic E-state index is 5.98. The number of pyridine rings is 1. The molecule has 15 heavy (non-hydrogen) atoms. The van der Waals surface area contributed by atoms with E-state index in [-0.39, 0.29) is 0 Å². The Morgan fingerprint density at radius 1 is 1.47 bits per heavy atom. The number of hydrogen-bond donors (Lipinski definition) is 1. The molecule has 0 aliphatic carbocycles. The highest BCUT2D eigenvalue weighted by Gasteiger charge is 2.04. The Morgan fingerprint density at radius 3 is 2.80 bits per heavy atom. The predicted molar refractivity (Wildman–Crippen MR) is 62.3 cm³/mol. The lowest BCUT2D eigenvalue weighted by Gasteiger charge is -2.09. The highest BCUT2D eigenvalue weighted by molar-refractivity contribution is 6.31. The van der Waals surface area contributed by atoms with Crippen LogP contribution < -0.4 is 10.1 Å². The van der Waals surface area contributed by atoms with Gasteiger partial charge in [-0.3, -0.25) is 0 Å². The molecule has 1 rings (SSSR count). The standard InChI is InChI=1S/C11H17ClN2O/c1-8(2)7-15-11-5-4-9(12)10(14-11)6-13-3/h4-5,8,13H,6-7H2,1-3H3. The van der Waals surface area contributed by atoms with Crippen LogP contribution >= 0.6 is 11.6 Å². The fourth-order valence-electron chi connectivity index (χ4n) is 1.09. The highest BCUT2D eigenvalue weighted by Crippen LogP contribution is 2.18. The molecule has 0 saturated carbocycles. The Kier molecular flexibility index (Phi) is 4.85. The highest BCUT2D eigenvalue weighted by atomic mass is 35.5. The van der Waals surface area contributed by atoms with Crippen LogP contribution in [0, 0.1) is 5.92 Å². The lowest BCUT2D eigenvalue weighted by atomic mass is 10.2. The first kappa shape index (κ1) is 12.3. The zero-order valence-corrected chi connectivity index (χ0v) is 10.1. The largest absolute Gasteiger partial charge is 0.477 e. The summed E-state index contributed by atoms with van der Waals surface area (Å²) in [6.45, 7) is 5.53. The van der Waals surface area contributed by atoms with Crippen LogP contribution in [0.5, 0.6) is 5.88 Å². The molecule has 0 fully saturated rings. The Balaban J connectivity index is 2.69. The lowest BCUT2D eigenvalue weighted by molar-refractivity contribution is 0.260. The van der Waals surface area contributed by atoms with Crippen LogP contribution in [-0.4, -0.2) is 18.6 Å². The summed E-state index contributed by atoms with van der Waals surface area (Å²) in [7, 11) is 1.86. The topological polar surface area (TPSA) is 34.2 Å². The van der Waals surface area contributed by atoms with Gasteiger partial charge in [0.05, 0.1) is 17.3 Å². The molecule has 0 unspecified atom stereocenters. The number of nitrogens with zero attached hydrogens (tertiary/aromatic N) is 1. The molecule has 4 heteroatoms. The summed E-state index contributed by atoms with van der Waals surface area (Å²) in [5, 5.41) is 3.68. The molecule has 0 bridgehead atoms. The number of rotatable bonds is 5. The third-order valence-corrected chi connectivity index (χ3v) is 2.15. The first-order valence-corrected chi connectivity index (χ1v) is 5.44. The van der Waals surface area contributed by atoms with Crippen molar-refractivity contribution in [2.45, 2.75) is 20.4 Å². The molecule has 0 radical (unpaired) electrons. The molecule has 0 amide bonds. The Morgan fingerprint density at radius 2 is 2.20 bits per heavy atom. The molecule has 0 saturated heterocycles. The van der Waals surface area contributed by atoms with Gasteiger partial charge < -0.3 is 10.1 Å². The minimum atomic E-state index is 0.496. The van der Waals surface area contributed by atoms with E-state index in [1.165, 1.54) is 0 Å². The molecule has 84 valence electrons. The third kappa shape index (κ3) is 4.06. The van der Waals surface area contributed by atoms with Crippen molar-refractivity contribution in [3.05, 3.63) is 22.8 Å². The average Bonchev–Trinajstić information content (AvgIpc) is 2.19. The van der Waals surface area contributed by atoms with E-state index in [9.17, 15) is 0 Å². The van der Waals surface area contributed by atoms with Crippen LogP contribution in [0.15, 0.2) is 12.1 Å². The number of ether oxygens (including phenoxy) is 1. The first-order chi connectivity index (χ1) is 7.13. The van der Waals surface area contributed by atoms with Crippen LogP contribution in [0.2, 0.25) is 5.02 Å². The van der Waals surface area contributed by atoms with E-state index in [0.29, 0.717) is 30.0 Å². The molecule has 3 nitrogen and oxygen atoms in total. The molecular formula is C11H17ClN2O. The SMILES string of the molecule is CNCc1nc(OCC(C)C)ccc1Cl. The second-order valence-electron chi connectivity index (χ2n) is 3.81. The summed E-state index contributed by atoms with van der Waals surface area (Å²) < 4.78 is 5.51. The summed E-state index contributed by atoms with van der Waals surface area (Å²) in [6.07, 6.45) is 0. The lowest BCUT2D eigenvalue weighted by Crippen LogP contribution is -2.10. The van der Waals surface area contributed by atoms with Gasteiger partial charge in [0.1, 0.15) is 0 Å². The Hall–Kier alpha value is -0.800. The molecule has 0 aliphatic heterocycles. The second-order valence-corrected chi connectivity index (χ2v) is 4.22. The van der Waals surface area contributed by atoms with Gasteiger partial charge in [-0.05, 0) is 19.0 Å². The zero-order valence-electron chi connectivity index (χ0n) is 9.38. The van der Waals surface area contributed by atoms with Crippen molar-refractivity contribution in [1.82, 2.24) is 10.3 Å². The third-order valence-electron chi connectivity index (χ3n) is 1.80. The summed E-state index contributed by atoms with van der Waals surface area (Å²) in [5.41, 5.74) is 0.820. The molecule has 1 heterocycles. The maximum atomic E-state index is 5.98. The minimum absolute atomic E-state index is 0.496. The molecular weight excluding hydrogens is 212 g/mol. The van der Waals surface area contributed by atoms with Crippen molar-refractivity contribution in [2.75, 3.05) is 13.7 Å². The molecule has 0 aliphatic rings. The second kappa shape index (κ2) is 5.93. The maximum Gasteiger partial charge on any atom is 0.213 e. The van der Waals surface area contributed by atoms with Gasteiger partial charge in [-0.1, -0.05) is 25.4 Å². The summed E-state index contributed by atoms with van der Waals surface area (Å²) in [6, 6.07) is 3.61. The number of nitrogens with one attached hydrogen (secondary N) is 1. The molecule has 1 N–H and O–H groups in total. The smallest absolute Gasteiger partial charge is 0.213 e. The van der Waals surface area contributed by atoms with Crippen LogP contribution in [0.4, 0.5) is 0 Å². The van der Waals surface area contributed by atoms with Crippen LogP contribution in [0.1, 0.15) is 19.5 Å². The van der Waals surface area contributed by atoms with Gasteiger partial charge in [0.15, 0.2) is 0 Å².